The van der Waals surface area contributed by atoms with E-state index in [1.807, 2.05) is 11.9 Å². The molecule has 0 unspecified atom stereocenters. The van der Waals surface area contributed by atoms with Gasteiger partial charge >= 0.3 is 0 Å². The van der Waals surface area contributed by atoms with Gasteiger partial charge in [0, 0.05) is 13.6 Å². The number of carbonyl (C=O) groups excluding carboxylic acids is 1. The maximum absolute atomic E-state index is 11.9. The minimum Gasteiger partial charge on any atom is -0.358 e. The molecule has 0 atom stereocenters. The highest BCUT2D eigenvalue weighted by atomic mass is 16.2. The zero-order valence-electron chi connectivity index (χ0n) is 11.4. The van der Waals surface area contributed by atoms with E-state index in [-0.39, 0.29) is 11.6 Å². The fourth-order valence-electron chi connectivity index (χ4n) is 1.54. The molecule has 0 aliphatic heterocycles. The van der Waals surface area contributed by atoms with Gasteiger partial charge in [0.2, 0.25) is 0 Å². The van der Waals surface area contributed by atoms with Crippen molar-refractivity contribution in [1.29, 1.82) is 0 Å². The minimum atomic E-state index is -0.426. The molecule has 0 spiro atoms. The van der Waals surface area contributed by atoms with Crippen LogP contribution in [0.1, 0.15) is 30.3 Å². The standard InChI is InChI=1S/C11H16N8O/c1-3-4-5-19(2)9-7-12-6-8(13-9)10(20)14-11-15-17-18-16-11/h6-7H,3-5H2,1-2H3,(H2,14,15,16,17,18,20). The lowest BCUT2D eigenvalue weighted by Gasteiger charge is -2.17. The SMILES string of the molecule is CCCCN(C)c1cncc(C(=O)Nc2nn[nH]n2)n1. The van der Waals surface area contributed by atoms with Gasteiger partial charge in [-0.3, -0.25) is 15.1 Å². The van der Waals surface area contributed by atoms with Crippen molar-refractivity contribution in [2.24, 2.45) is 0 Å². The molecule has 2 N–H and O–H groups in total. The Labute approximate surface area is 115 Å². The number of nitrogens with one attached hydrogen (secondary N) is 2. The van der Waals surface area contributed by atoms with Crippen LogP contribution in [0.5, 0.6) is 0 Å². The zero-order valence-corrected chi connectivity index (χ0v) is 11.4. The molecule has 9 nitrogen and oxygen atoms in total. The minimum absolute atomic E-state index is 0.0986. The van der Waals surface area contributed by atoms with Crippen LogP contribution in [0.3, 0.4) is 0 Å². The summed E-state index contributed by atoms with van der Waals surface area (Å²) in [7, 11) is 1.92. The number of tetrazole rings is 1. The molecular weight excluding hydrogens is 260 g/mol. The zero-order chi connectivity index (χ0) is 14.4. The number of hydrogen-bond donors (Lipinski definition) is 2. The number of rotatable bonds is 6. The maximum atomic E-state index is 11.9. The van der Waals surface area contributed by atoms with Gasteiger partial charge in [-0.1, -0.05) is 18.4 Å². The third-order valence-corrected chi connectivity index (χ3v) is 2.66. The predicted molar refractivity (Wildman–Crippen MR) is 72.3 cm³/mol. The number of anilines is 2. The van der Waals surface area contributed by atoms with Gasteiger partial charge in [-0.05, 0) is 11.6 Å². The summed E-state index contributed by atoms with van der Waals surface area (Å²) in [5, 5.41) is 15.4. The van der Waals surface area contributed by atoms with Crippen molar-refractivity contribution >= 4 is 17.7 Å². The van der Waals surface area contributed by atoms with Crippen molar-refractivity contribution in [2.45, 2.75) is 19.8 Å². The number of aromatic amines is 1. The third-order valence-electron chi connectivity index (χ3n) is 2.66. The van der Waals surface area contributed by atoms with Crippen molar-refractivity contribution in [3.63, 3.8) is 0 Å². The number of H-pyrrole nitrogens is 1. The van der Waals surface area contributed by atoms with E-state index in [0.29, 0.717) is 5.82 Å². The largest absolute Gasteiger partial charge is 0.358 e. The topological polar surface area (TPSA) is 113 Å². The van der Waals surface area contributed by atoms with E-state index >= 15 is 0 Å². The van der Waals surface area contributed by atoms with Crippen molar-refractivity contribution in [1.82, 2.24) is 30.6 Å². The predicted octanol–water partition coefficient (Wildman–Crippen LogP) is 0.478. The molecule has 0 aliphatic rings. The Morgan fingerprint density at radius 3 is 3.00 bits per heavy atom. The lowest BCUT2D eigenvalue weighted by Crippen LogP contribution is -2.22. The van der Waals surface area contributed by atoms with E-state index in [9.17, 15) is 4.79 Å². The maximum Gasteiger partial charge on any atom is 0.278 e. The monoisotopic (exact) mass is 276 g/mol. The summed E-state index contributed by atoms with van der Waals surface area (Å²) in [6.07, 6.45) is 5.17. The van der Waals surface area contributed by atoms with E-state index in [0.717, 1.165) is 19.4 Å². The number of unbranched alkanes of at least 4 members (excludes halogenated alkanes) is 1. The number of aromatic nitrogens is 6. The average Bonchev–Trinajstić information content (AvgIpc) is 2.97. The molecule has 2 rings (SSSR count). The van der Waals surface area contributed by atoms with Gasteiger partial charge < -0.3 is 4.90 Å². The molecule has 20 heavy (non-hydrogen) atoms. The van der Waals surface area contributed by atoms with Crippen LogP contribution in [-0.4, -0.2) is 50.1 Å². The van der Waals surface area contributed by atoms with Gasteiger partial charge in [0.25, 0.3) is 11.9 Å². The Hall–Kier alpha value is -2.58. The van der Waals surface area contributed by atoms with Crippen LogP contribution in [0, 0.1) is 0 Å². The molecule has 0 fully saturated rings. The second kappa shape index (κ2) is 6.55. The van der Waals surface area contributed by atoms with Crippen molar-refractivity contribution in [3.05, 3.63) is 18.1 Å². The van der Waals surface area contributed by atoms with Crippen molar-refractivity contribution in [2.75, 3.05) is 23.8 Å². The number of hydrogen-bond acceptors (Lipinski definition) is 7. The number of amides is 1. The summed E-state index contributed by atoms with van der Waals surface area (Å²) in [6, 6.07) is 0. The van der Waals surface area contributed by atoms with Crippen LogP contribution in [0.15, 0.2) is 12.4 Å². The summed E-state index contributed by atoms with van der Waals surface area (Å²) in [5.41, 5.74) is 0.204. The quantitative estimate of drug-likeness (QED) is 0.788. The first-order valence-electron chi connectivity index (χ1n) is 6.28. The fraction of sp³-hybridized carbons (Fsp3) is 0.455. The Morgan fingerprint density at radius 1 is 1.45 bits per heavy atom. The van der Waals surface area contributed by atoms with E-state index in [1.54, 1.807) is 6.20 Å². The molecule has 0 radical (unpaired) electrons. The van der Waals surface area contributed by atoms with Gasteiger partial charge in [0.05, 0.1) is 12.4 Å². The molecule has 106 valence electrons. The van der Waals surface area contributed by atoms with Gasteiger partial charge in [-0.2, -0.15) is 5.21 Å². The van der Waals surface area contributed by atoms with Crippen LogP contribution in [0.2, 0.25) is 0 Å². The van der Waals surface area contributed by atoms with Gasteiger partial charge in [0.1, 0.15) is 11.5 Å². The third kappa shape index (κ3) is 3.46. The van der Waals surface area contributed by atoms with Crippen LogP contribution < -0.4 is 10.2 Å². The molecule has 0 saturated carbocycles. The normalized spacial score (nSPS) is 10.3. The molecule has 2 heterocycles. The van der Waals surface area contributed by atoms with Gasteiger partial charge in [-0.15, -0.1) is 5.10 Å². The Morgan fingerprint density at radius 2 is 2.30 bits per heavy atom. The summed E-state index contributed by atoms with van der Waals surface area (Å²) in [6.45, 7) is 2.98. The molecule has 9 heteroatoms. The molecule has 0 bridgehead atoms. The highest BCUT2D eigenvalue weighted by molar-refractivity contribution is 6.01. The number of nitrogens with zero attached hydrogens (tertiary/aromatic N) is 6. The second-order valence-corrected chi connectivity index (χ2v) is 4.23. The van der Waals surface area contributed by atoms with Crippen LogP contribution in [0.4, 0.5) is 11.8 Å². The highest BCUT2D eigenvalue weighted by Crippen LogP contribution is 2.09. The summed E-state index contributed by atoms with van der Waals surface area (Å²) >= 11 is 0. The molecular formula is C11H16N8O. The Bertz CT molecular complexity index is 555. The van der Waals surface area contributed by atoms with Crippen LogP contribution in [0.25, 0.3) is 0 Å². The second-order valence-electron chi connectivity index (χ2n) is 4.23. The summed E-state index contributed by atoms with van der Waals surface area (Å²) in [5.74, 6) is 0.324. The highest BCUT2D eigenvalue weighted by Gasteiger charge is 2.12. The lowest BCUT2D eigenvalue weighted by atomic mass is 10.3. The summed E-state index contributed by atoms with van der Waals surface area (Å²) in [4.78, 5) is 22.2. The molecule has 0 aliphatic carbocycles. The molecule has 0 aromatic carbocycles. The summed E-state index contributed by atoms with van der Waals surface area (Å²) < 4.78 is 0. The fourth-order valence-corrected chi connectivity index (χ4v) is 1.54. The van der Waals surface area contributed by atoms with E-state index in [2.05, 4.69) is 42.8 Å². The Balaban J connectivity index is 2.06. The van der Waals surface area contributed by atoms with Gasteiger partial charge in [-0.25, -0.2) is 4.98 Å². The van der Waals surface area contributed by atoms with E-state index in [1.165, 1.54) is 6.20 Å². The van der Waals surface area contributed by atoms with E-state index < -0.39 is 5.91 Å². The molecule has 0 saturated heterocycles. The lowest BCUT2D eigenvalue weighted by molar-refractivity contribution is 0.102. The molecule has 2 aromatic heterocycles. The smallest absolute Gasteiger partial charge is 0.278 e. The first-order valence-corrected chi connectivity index (χ1v) is 6.28. The van der Waals surface area contributed by atoms with E-state index in [4.69, 9.17) is 0 Å². The first kappa shape index (κ1) is 13.8. The molecule has 2 aromatic rings. The van der Waals surface area contributed by atoms with Crippen molar-refractivity contribution < 1.29 is 4.79 Å². The van der Waals surface area contributed by atoms with Crippen LogP contribution >= 0.6 is 0 Å². The first-order chi connectivity index (χ1) is 9.70. The van der Waals surface area contributed by atoms with Gasteiger partial charge in [0.15, 0.2) is 0 Å². The number of carbonyl (C=O) groups is 1. The van der Waals surface area contributed by atoms with Crippen LogP contribution in [-0.2, 0) is 0 Å². The average molecular weight is 276 g/mol. The molecule has 1 amide bonds. The Kier molecular flexibility index (Phi) is 4.53. The van der Waals surface area contributed by atoms with Crippen molar-refractivity contribution in [3.8, 4) is 0 Å².